The van der Waals surface area contributed by atoms with Crippen LogP contribution in [0.25, 0.3) is 0 Å². The number of carbonyl (C=O) groups is 2. The minimum atomic E-state index is -0.401. The van der Waals surface area contributed by atoms with Crippen molar-refractivity contribution in [3.05, 3.63) is 12.7 Å². The lowest BCUT2D eigenvalue weighted by molar-refractivity contribution is -0.137. The van der Waals surface area contributed by atoms with E-state index in [1.165, 1.54) is 0 Å². The highest BCUT2D eigenvalue weighted by Gasteiger charge is 2.29. The molecule has 0 aromatic carbocycles. The van der Waals surface area contributed by atoms with Gasteiger partial charge in [0.1, 0.15) is 0 Å². The maximum absolute atomic E-state index is 12.0. The largest absolute Gasteiger partial charge is 0.354 e. The second-order valence-corrected chi connectivity index (χ2v) is 4.51. The molecule has 104 valence electrons. The Balaban J connectivity index is 0.00000289. The van der Waals surface area contributed by atoms with Crippen molar-refractivity contribution in [1.29, 1.82) is 0 Å². The molecule has 0 aromatic heterocycles. The van der Waals surface area contributed by atoms with Crippen molar-refractivity contribution in [3.8, 4) is 0 Å². The molecule has 1 saturated heterocycles. The van der Waals surface area contributed by atoms with Crippen LogP contribution in [0.5, 0.6) is 0 Å². The molecule has 1 unspecified atom stereocenters. The van der Waals surface area contributed by atoms with E-state index in [-0.39, 0.29) is 36.7 Å². The van der Waals surface area contributed by atoms with Gasteiger partial charge in [0.15, 0.2) is 0 Å². The molecular formula is C12H22ClN3O2. The standard InChI is InChI=1S/C12H21N3O2.ClH/c1-4-6-15-7-5-13-10(12(15)17)8-11(16)14-9(2)3;/h4,9-10,13H,1,5-8H2,2-3H3,(H,14,16);1H. The van der Waals surface area contributed by atoms with E-state index in [9.17, 15) is 9.59 Å². The van der Waals surface area contributed by atoms with Gasteiger partial charge in [-0.2, -0.15) is 0 Å². The molecule has 2 N–H and O–H groups in total. The molecule has 6 heteroatoms. The minimum absolute atomic E-state index is 0. The zero-order chi connectivity index (χ0) is 12.8. The first-order chi connectivity index (χ1) is 8.04. The van der Waals surface area contributed by atoms with Gasteiger partial charge < -0.3 is 15.5 Å². The Morgan fingerprint density at radius 3 is 2.89 bits per heavy atom. The van der Waals surface area contributed by atoms with Gasteiger partial charge in [0, 0.05) is 25.7 Å². The number of halogens is 1. The first-order valence-electron chi connectivity index (χ1n) is 5.97. The number of nitrogens with zero attached hydrogens (tertiary/aromatic N) is 1. The van der Waals surface area contributed by atoms with E-state index in [1.807, 2.05) is 13.8 Å². The molecule has 1 fully saturated rings. The summed E-state index contributed by atoms with van der Waals surface area (Å²) < 4.78 is 0. The third-order valence-corrected chi connectivity index (χ3v) is 2.57. The Kier molecular flexibility index (Phi) is 7.62. The fourth-order valence-electron chi connectivity index (χ4n) is 1.85. The van der Waals surface area contributed by atoms with Crippen LogP contribution in [0.2, 0.25) is 0 Å². The van der Waals surface area contributed by atoms with E-state index >= 15 is 0 Å². The van der Waals surface area contributed by atoms with E-state index in [0.29, 0.717) is 13.1 Å². The summed E-state index contributed by atoms with van der Waals surface area (Å²) in [5.74, 6) is -0.110. The zero-order valence-electron chi connectivity index (χ0n) is 10.9. The highest BCUT2D eigenvalue weighted by atomic mass is 35.5. The van der Waals surface area contributed by atoms with Crippen molar-refractivity contribution < 1.29 is 9.59 Å². The average Bonchev–Trinajstić information content (AvgIpc) is 2.23. The zero-order valence-corrected chi connectivity index (χ0v) is 11.8. The van der Waals surface area contributed by atoms with Crippen molar-refractivity contribution in [2.45, 2.75) is 32.4 Å². The van der Waals surface area contributed by atoms with E-state index in [2.05, 4.69) is 17.2 Å². The third kappa shape index (κ3) is 5.06. The fourth-order valence-corrected chi connectivity index (χ4v) is 1.85. The molecule has 1 heterocycles. The van der Waals surface area contributed by atoms with Crippen molar-refractivity contribution >= 4 is 24.2 Å². The predicted octanol–water partition coefficient (Wildman–Crippen LogP) is 0.309. The maximum Gasteiger partial charge on any atom is 0.240 e. The van der Waals surface area contributed by atoms with E-state index in [1.54, 1.807) is 11.0 Å². The number of amides is 2. The minimum Gasteiger partial charge on any atom is -0.354 e. The van der Waals surface area contributed by atoms with Gasteiger partial charge >= 0.3 is 0 Å². The molecule has 2 amide bonds. The second-order valence-electron chi connectivity index (χ2n) is 4.51. The Bertz CT molecular complexity index is 308. The van der Waals surface area contributed by atoms with Gasteiger partial charge in [-0.25, -0.2) is 0 Å². The van der Waals surface area contributed by atoms with Crippen LogP contribution < -0.4 is 10.6 Å². The molecule has 1 rings (SSSR count). The number of carbonyl (C=O) groups excluding carboxylic acids is 2. The molecule has 0 aliphatic carbocycles. The van der Waals surface area contributed by atoms with Gasteiger partial charge in [-0.1, -0.05) is 6.08 Å². The normalized spacial score (nSPS) is 19.4. The maximum atomic E-state index is 12.0. The number of hydrogen-bond donors (Lipinski definition) is 2. The summed E-state index contributed by atoms with van der Waals surface area (Å²) in [5, 5.41) is 5.86. The van der Waals surface area contributed by atoms with Crippen LogP contribution in [-0.4, -0.2) is 48.4 Å². The predicted molar refractivity (Wildman–Crippen MR) is 73.7 cm³/mol. The van der Waals surface area contributed by atoms with Crippen LogP contribution in [-0.2, 0) is 9.59 Å². The third-order valence-electron chi connectivity index (χ3n) is 2.57. The van der Waals surface area contributed by atoms with Crippen LogP contribution >= 0.6 is 12.4 Å². The molecule has 0 saturated carbocycles. The molecule has 0 bridgehead atoms. The topological polar surface area (TPSA) is 61.4 Å². The highest BCUT2D eigenvalue weighted by Crippen LogP contribution is 2.05. The number of hydrogen-bond acceptors (Lipinski definition) is 3. The summed E-state index contributed by atoms with van der Waals surface area (Å²) >= 11 is 0. The monoisotopic (exact) mass is 275 g/mol. The summed E-state index contributed by atoms with van der Waals surface area (Å²) in [4.78, 5) is 25.3. The van der Waals surface area contributed by atoms with E-state index < -0.39 is 6.04 Å². The number of piperazine rings is 1. The van der Waals surface area contributed by atoms with Crippen molar-refractivity contribution in [2.24, 2.45) is 0 Å². The first-order valence-corrected chi connectivity index (χ1v) is 5.97. The molecule has 1 atom stereocenters. The summed E-state index contributed by atoms with van der Waals surface area (Å²) in [6.07, 6.45) is 1.90. The summed E-state index contributed by atoms with van der Waals surface area (Å²) in [5.41, 5.74) is 0. The van der Waals surface area contributed by atoms with Gasteiger partial charge in [-0.05, 0) is 13.8 Å². The molecule has 0 aromatic rings. The quantitative estimate of drug-likeness (QED) is 0.710. The lowest BCUT2D eigenvalue weighted by Gasteiger charge is -2.32. The Labute approximate surface area is 114 Å². The molecular weight excluding hydrogens is 254 g/mol. The van der Waals surface area contributed by atoms with Gasteiger partial charge in [0.25, 0.3) is 0 Å². The SMILES string of the molecule is C=CCN1CCNC(CC(=O)NC(C)C)C1=O.Cl. The lowest BCUT2D eigenvalue weighted by Crippen LogP contribution is -2.56. The molecule has 1 aliphatic heterocycles. The summed E-state index contributed by atoms with van der Waals surface area (Å²) in [6.45, 7) is 9.36. The highest BCUT2D eigenvalue weighted by molar-refractivity contribution is 5.89. The number of nitrogens with one attached hydrogen (secondary N) is 2. The molecule has 0 spiro atoms. The number of rotatable bonds is 5. The van der Waals surface area contributed by atoms with Gasteiger partial charge in [-0.3, -0.25) is 9.59 Å². The Hall–Kier alpha value is -1.07. The second kappa shape index (κ2) is 8.11. The van der Waals surface area contributed by atoms with E-state index in [4.69, 9.17) is 0 Å². The molecule has 5 nitrogen and oxygen atoms in total. The summed E-state index contributed by atoms with van der Waals surface area (Å²) in [7, 11) is 0. The van der Waals surface area contributed by atoms with E-state index in [0.717, 1.165) is 6.54 Å². The smallest absolute Gasteiger partial charge is 0.240 e. The molecule has 18 heavy (non-hydrogen) atoms. The summed E-state index contributed by atoms with van der Waals surface area (Å²) in [6, 6.07) is -0.298. The fraction of sp³-hybridized carbons (Fsp3) is 0.667. The lowest BCUT2D eigenvalue weighted by atomic mass is 10.1. The Morgan fingerprint density at radius 1 is 1.67 bits per heavy atom. The average molecular weight is 276 g/mol. The van der Waals surface area contributed by atoms with Crippen LogP contribution in [0.3, 0.4) is 0 Å². The van der Waals surface area contributed by atoms with Crippen LogP contribution in [0.4, 0.5) is 0 Å². The van der Waals surface area contributed by atoms with Crippen molar-refractivity contribution in [2.75, 3.05) is 19.6 Å². The first kappa shape index (κ1) is 16.9. The van der Waals surface area contributed by atoms with Crippen LogP contribution in [0, 0.1) is 0 Å². The van der Waals surface area contributed by atoms with Gasteiger partial charge in [0.2, 0.25) is 11.8 Å². The molecule has 0 radical (unpaired) electrons. The van der Waals surface area contributed by atoms with Crippen molar-refractivity contribution in [3.63, 3.8) is 0 Å². The van der Waals surface area contributed by atoms with Crippen molar-refractivity contribution in [1.82, 2.24) is 15.5 Å². The van der Waals surface area contributed by atoms with Gasteiger partial charge in [-0.15, -0.1) is 19.0 Å². The van der Waals surface area contributed by atoms with Crippen LogP contribution in [0.1, 0.15) is 20.3 Å². The van der Waals surface area contributed by atoms with Gasteiger partial charge in [0.05, 0.1) is 12.5 Å². The van der Waals surface area contributed by atoms with Crippen LogP contribution in [0.15, 0.2) is 12.7 Å². The Morgan fingerprint density at radius 2 is 2.33 bits per heavy atom. The molecule has 1 aliphatic rings.